The van der Waals surface area contributed by atoms with Crippen molar-refractivity contribution in [3.63, 3.8) is 0 Å². The molecule has 0 aliphatic heterocycles. The van der Waals surface area contributed by atoms with Gasteiger partial charge in [-0.25, -0.2) is 4.79 Å². The van der Waals surface area contributed by atoms with Gasteiger partial charge in [-0.1, -0.05) is 32.0 Å². The van der Waals surface area contributed by atoms with E-state index in [4.69, 9.17) is 9.47 Å². The number of rotatable bonds is 8. The molecule has 5 nitrogen and oxygen atoms in total. The van der Waals surface area contributed by atoms with E-state index in [-0.39, 0.29) is 16.7 Å². The van der Waals surface area contributed by atoms with E-state index in [9.17, 15) is 15.0 Å². The fourth-order valence-corrected chi connectivity index (χ4v) is 2.55. The Morgan fingerprint density at radius 1 is 1.16 bits per heavy atom. The molecule has 2 aromatic carbocycles. The van der Waals surface area contributed by atoms with E-state index in [1.165, 1.54) is 0 Å². The second kappa shape index (κ2) is 8.03. The molecule has 134 valence electrons. The minimum atomic E-state index is -1.01. The molecule has 0 heterocycles. The maximum absolute atomic E-state index is 11.5. The van der Waals surface area contributed by atoms with Gasteiger partial charge in [0.25, 0.3) is 0 Å². The van der Waals surface area contributed by atoms with Crippen LogP contribution in [0.15, 0.2) is 42.5 Å². The summed E-state index contributed by atoms with van der Waals surface area (Å²) in [6.07, 6.45) is 0. The highest BCUT2D eigenvalue weighted by Crippen LogP contribution is 2.29. The number of carbonyl (C=O) groups is 1. The Balaban J connectivity index is 2.10. The number of aromatic hydroxyl groups is 1. The van der Waals surface area contributed by atoms with Crippen LogP contribution >= 0.6 is 0 Å². The average Bonchev–Trinajstić information content (AvgIpc) is 2.55. The first-order valence-electron chi connectivity index (χ1n) is 8.20. The molecule has 0 saturated heterocycles. The molecule has 0 aliphatic rings. The topological polar surface area (TPSA) is 76.0 Å². The summed E-state index contributed by atoms with van der Waals surface area (Å²) in [6.45, 7) is 7.01. The van der Waals surface area contributed by atoms with Crippen molar-refractivity contribution in [3.05, 3.63) is 59.2 Å². The summed E-state index contributed by atoms with van der Waals surface area (Å²) in [5.74, 6) is -0.435. The minimum absolute atomic E-state index is 0.153. The molecule has 25 heavy (non-hydrogen) atoms. The van der Waals surface area contributed by atoms with Crippen molar-refractivity contribution < 1.29 is 24.5 Å². The lowest BCUT2D eigenvalue weighted by molar-refractivity contribution is 0.0690. The van der Waals surface area contributed by atoms with Crippen LogP contribution in [-0.2, 0) is 16.8 Å². The van der Waals surface area contributed by atoms with Gasteiger partial charge in [0.05, 0.1) is 19.8 Å². The zero-order chi connectivity index (χ0) is 18.4. The van der Waals surface area contributed by atoms with E-state index >= 15 is 0 Å². The Hall–Kier alpha value is -2.53. The Labute approximate surface area is 147 Å². The zero-order valence-corrected chi connectivity index (χ0v) is 14.8. The first-order valence-corrected chi connectivity index (χ1v) is 8.20. The number of aromatic carboxylic acids is 1. The van der Waals surface area contributed by atoms with Gasteiger partial charge in [0, 0.05) is 5.41 Å². The van der Waals surface area contributed by atoms with Gasteiger partial charge in [-0.3, -0.25) is 0 Å². The molecule has 0 aromatic heterocycles. The summed E-state index contributed by atoms with van der Waals surface area (Å²) >= 11 is 0. The SMILES string of the molecule is CCOc1ccc(C(C)(C)COCc2cccc(O)c2)cc1C(=O)O. The van der Waals surface area contributed by atoms with Crippen molar-refractivity contribution in [3.8, 4) is 11.5 Å². The summed E-state index contributed by atoms with van der Waals surface area (Å²) in [6, 6.07) is 12.1. The molecule has 2 rings (SSSR count). The van der Waals surface area contributed by atoms with Crippen LogP contribution in [0.2, 0.25) is 0 Å². The smallest absolute Gasteiger partial charge is 0.339 e. The van der Waals surface area contributed by atoms with Gasteiger partial charge >= 0.3 is 5.97 Å². The summed E-state index contributed by atoms with van der Waals surface area (Å²) < 4.78 is 11.2. The van der Waals surface area contributed by atoms with Gasteiger partial charge < -0.3 is 19.7 Å². The van der Waals surface area contributed by atoms with Gasteiger partial charge in [0.15, 0.2) is 0 Å². The lowest BCUT2D eigenvalue weighted by Gasteiger charge is -2.26. The molecular formula is C20H24O5. The van der Waals surface area contributed by atoms with E-state index in [2.05, 4.69) is 0 Å². The van der Waals surface area contributed by atoms with Crippen LogP contribution in [0.5, 0.6) is 11.5 Å². The highest BCUT2D eigenvalue weighted by Gasteiger charge is 2.24. The molecule has 0 unspecified atom stereocenters. The molecule has 2 aromatic rings. The Bertz CT molecular complexity index is 737. The Morgan fingerprint density at radius 3 is 2.56 bits per heavy atom. The summed E-state index contributed by atoms with van der Waals surface area (Å²) in [7, 11) is 0. The largest absolute Gasteiger partial charge is 0.508 e. The number of ether oxygens (including phenoxy) is 2. The van der Waals surface area contributed by atoms with Crippen molar-refractivity contribution >= 4 is 5.97 Å². The van der Waals surface area contributed by atoms with E-state index in [1.54, 1.807) is 30.3 Å². The van der Waals surface area contributed by atoms with Crippen molar-refractivity contribution in [1.82, 2.24) is 0 Å². The number of phenols is 1. The van der Waals surface area contributed by atoms with Crippen LogP contribution in [-0.4, -0.2) is 29.4 Å². The molecule has 0 radical (unpaired) electrons. The normalized spacial score (nSPS) is 11.3. The van der Waals surface area contributed by atoms with E-state index in [1.807, 2.05) is 32.9 Å². The number of carboxylic acid groups (broad SMARTS) is 1. The fourth-order valence-electron chi connectivity index (χ4n) is 2.55. The van der Waals surface area contributed by atoms with Crippen molar-refractivity contribution in [2.45, 2.75) is 32.8 Å². The van der Waals surface area contributed by atoms with E-state index < -0.39 is 5.97 Å². The maximum Gasteiger partial charge on any atom is 0.339 e. The highest BCUT2D eigenvalue weighted by atomic mass is 16.5. The van der Waals surface area contributed by atoms with Crippen LogP contribution in [0.3, 0.4) is 0 Å². The Kier molecular flexibility index (Phi) is 6.04. The summed E-state index contributed by atoms with van der Waals surface area (Å²) in [5.41, 5.74) is 1.53. The first kappa shape index (κ1) is 18.8. The number of hydrogen-bond acceptors (Lipinski definition) is 4. The molecule has 0 bridgehead atoms. The molecule has 0 atom stereocenters. The average molecular weight is 344 g/mol. The lowest BCUT2D eigenvalue weighted by Crippen LogP contribution is -2.25. The molecular weight excluding hydrogens is 320 g/mol. The standard InChI is InChI=1S/C20H24O5/c1-4-25-18-9-8-15(11-17(18)19(22)23)20(2,3)13-24-12-14-6-5-7-16(21)10-14/h5-11,21H,4,12-13H2,1-3H3,(H,22,23). The monoisotopic (exact) mass is 344 g/mol. The number of benzene rings is 2. The second-order valence-electron chi connectivity index (χ2n) is 6.50. The second-order valence-corrected chi connectivity index (χ2v) is 6.50. The van der Waals surface area contributed by atoms with Crippen LogP contribution in [0.4, 0.5) is 0 Å². The Morgan fingerprint density at radius 2 is 1.92 bits per heavy atom. The van der Waals surface area contributed by atoms with Gasteiger partial charge in [0.1, 0.15) is 17.1 Å². The highest BCUT2D eigenvalue weighted by molar-refractivity contribution is 5.91. The molecule has 5 heteroatoms. The molecule has 0 saturated carbocycles. The minimum Gasteiger partial charge on any atom is -0.508 e. The van der Waals surface area contributed by atoms with Crippen LogP contribution in [0, 0.1) is 0 Å². The van der Waals surface area contributed by atoms with Crippen LogP contribution < -0.4 is 4.74 Å². The summed E-state index contributed by atoms with van der Waals surface area (Å²) in [5, 5.41) is 18.9. The van der Waals surface area contributed by atoms with Crippen LogP contribution in [0.1, 0.15) is 42.3 Å². The van der Waals surface area contributed by atoms with Gasteiger partial charge in [0.2, 0.25) is 0 Å². The maximum atomic E-state index is 11.5. The van der Waals surface area contributed by atoms with E-state index in [0.717, 1.165) is 11.1 Å². The van der Waals surface area contributed by atoms with Crippen LogP contribution in [0.25, 0.3) is 0 Å². The molecule has 2 N–H and O–H groups in total. The summed E-state index contributed by atoms with van der Waals surface area (Å²) in [4.78, 5) is 11.5. The van der Waals surface area contributed by atoms with Gasteiger partial charge in [-0.05, 0) is 42.3 Å². The van der Waals surface area contributed by atoms with Crippen molar-refractivity contribution in [2.24, 2.45) is 0 Å². The van der Waals surface area contributed by atoms with Gasteiger partial charge in [-0.2, -0.15) is 0 Å². The fraction of sp³-hybridized carbons (Fsp3) is 0.350. The molecule has 0 spiro atoms. The van der Waals surface area contributed by atoms with Crippen molar-refractivity contribution in [2.75, 3.05) is 13.2 Å². The first-order chi connectivity index (χ1) is 11.8. The van der Waals surface area contributed by atoms with Crippen molar-refractivity contribution in [1.29, 1.82) is 0 Å². The predicted molar refractivity (Wildman–Crippen MR) is 95.4 cm³/mol. The molecule has 0 fully saturated rings. The lowest BCUT2D eigenvalue weighted by atomic mass is 9.84. The number of phenolic OH excluding ortho intramolecular Hbond substituents is 1. The number of carboxylic acids is 1. The zero-order valence-electron chi connectivity index (χ0n) is 14.8. The third-order valence-electron chi connectivity index (χ3n) is 3.93. The quantitative estimate of drug-likeness (QED) is 0.757. The predicted octanol–water partition coefficient (Wildman–Crippen LogP) is 3.98. The third-order valence-corrected chi connectivity index (χ3v) is 3.93. The van der Waals surface area contributed by atoms with Gasteiger partial charge in [-0.15, -0.1) is 0 Å². The van der Waals surface area contributed by atoms with E-state index in [0.29, 0.717) is 25.6 Å². The molecule has 0 amide bonds. The number of hydrogen-bond donors (Lipinski definition) is 2. The molecule has 0 aliphatic carbocycles. The third kappa shape index (κ3) is 4.97.